The number of pyridine rings is 3. The summed E-state index contributed by atoms with van der Waals surface area (Å²) in [6, 6.07) is 9.83. The number of fused-ring (bicyclic) bond motifs is 2. The number of nitrogens with zero attached hydrogens (tertiary/aromatic N) is 6. The van der Waals surface area contributed by atoms with E-state index in [1.807, 2.05) is 48.0 Å². The number of ether oxygens (including phenoxy) is 1. The number of methoxy groups -OCH3 is 1. The van der Waals surface area contributed by atoms with Gasteiger partial charge in [0.2, 0.25) is 0 Å². The molecule has 2 N–H and O–H groups in total. The van der Waals surface area contributed by atoms with Crippen molar-refractivity contribution in [2.75, 3.05) is 7.11 Å². The molecule has 6 aromatic rings. The van der Waals surface area contributed by atoms with Gasteiger partial charge in [-0.1, -0.05) is 0 Å². The Kier molecular flexibility index (Phi) is 4.00. The van der Waals surface area contributed by atoms with Crippen LogP contribution in [0, 0.1) is 6.92 Å². The second-order valence-electron chi connectivity index (χ2n) is 7.48. The molecule has 9 nitrogen and oxygen atoms in total. The number of imidazole rings is 1. The molecule has 0 aliphatic heterocycles. The van der Waals surface area contributed by atoms with Gasteiger partial charge >= 0.3 is 0 Å². The molecule has 0 aromatic carbocycles. The van der Waals surface area contributed by atoms with Gasteiger partial charge in [-0.15, -0.1) is 0 Å². The fourth-order valence-electron chi connectivity index (χ4n) is 3.84. The van der Waals surface area contributed by atoms with Gasteiger partial charge in [0.05, 0.1) is 47.9 Å². The van der Waals surface area contributed by atoms with Gasteiger partial charge in [0.25, 0.3) is 0 Å². The number of rotatable bonds is 4. The molecule has 9 heteroatoms. The number of aromatic nitrogens is 8. The van der Waals surface area contributed by atoms with E-state index in [0.29, 0.717) is 5.75 Å². The van der Waals surface area contributed by atoms with Crippen molar-refractivity contribution in [1.82, 2.24) is 39.7 Å². The van der Waals surface area contributed by atoms with Gasteiger partial charge in [0.15, 0.2) is 0 Å². The highest BCUT2D eigenvalue weighted by Crippen LogP contribution is 2.31. The molecular weight excluding hydrogens is 404 g/mol. The highest BCUT2D eigenvalue weighted by Gasteiger charge is 2.16. The van der Waals surface area contributed by atoms with Crippen molar-refractivity contribution in [2.24, 2.45) is 0 Å². The Morgan fingerprint density at radius 2 is 2.00 bits per heavy atom. The highest BCUT2D eigenvalue weighted by atomic mass is 16.5. The van der Waals surface area contributed by atoms with Crippen LogP contribution >= 0.6 is 0 Å². The van der Waals surface area contributed by atoms with Crippen molar-refractivity contribution in [3.8, 4) is 34.1 Å². The van der Waals surface area contributed by atoms with Crippen molar-refractivity contribution >= 4 is 22.1 Å². The van der Waals surface area contributed by atoms with E-state index in [1.54, 1.807) is 32.0 Å². The van der Waals surface area contributed by atoms with Crippen molar-refractivity contribution < 1.29 is 4.74 Å². The summed E-state index contributed by atoms with van der Waals surface area (Å²) in [5, 5.41) is 8.58. The lowest BCUT2D eigenvalue weighted by molar-refractivity contribution is 0.413. The van der Waals surface area contributed by atoms with Gasteiger partial charge in [-0.25, -0.2) is 15.0 Å². The van der Waals surface area contributed by atoms with Crippen molar-refractivity contribution in [2.45, 2.75) is 6.92 Å². The average Bonchev–Trinajstić information content (AvgIpc) is 3.55. The number of H-pyrrole nitrogens is 2. The number of hydrogen-bond donors (Lipinski definition) is 2. The van der Waals surface area contributed by atoms with Crippen LogP contribution in [0.5, 0.6) is 5.75 Å². The van der Waals surface area contributed by atoms with E-state index >= 15 is 0 Å². The molecule has 156 valence electrons. The predicted octanol–water partition coefficient (Wildman–Crippen LogP) is 4.07. The quantitative estimate of drug-likeness (QED) is 0.443. The van der Waals surface area contributed by atoms with E-state index in [9.17, 15) is 0 Å². The monoisotopic (exact) mass is 422 g/mol. The molecule has 32 heavy (non-hydrogen) atoms. The van der Waals surface area contributed by atoms with E-state index in [1.165, 1.54) is 0 Å². The Bertz CT molecular complexity index is 1590. The van der Waals surface area contributed by atoms with Crippen LogP contribution in [0.2, 0.25) is 0 Å². The lowest BCUT2D eigenvalue weighted by Gasteiger charge is -2.04. The van der Waals surface area contributed by atoms with Crippen molar-refractivity contribution in [3.05, 3.63) is 67.1 Å². The summed E-state index contributed by atoms with van der Waals surface area (Å²) in [5.41, 5.74) is 7.54. The Morgan fingerprint density at radius 3 is 2.84 bits per heavy atom. The number of aromatic amines is 2. The third-order valence-electron chi connectivity index (χ3n) is 5.41. The van der Waals surface area contributed by atoms with Crippen LogP contribution in [-0.4, -0.2) is 46.8 Å². The lowest BCUT2D eigenvalue weighted by atomic mass is 10.1. The molecule has 0 unspecified atom stereocenters. The van der Waals surface area contributed by atoms with E-state index in [4.69, 9.17) is 9.72 Å². The van der Waals surface area contributed by atoms with Crippen LogP contribution in [0.25, 0.3) is 50.4 Å². The Labute approximate surface area is 182 Å². The highest BCUT2D eigenvalue weighted by molar-refractivity contribution is 5.95. The zero-order chi connectivity index (χ0) is 21.7. The minimum absolute atomic E-state index is 0.681. The van der Waals surface area contributed by atoms with Gasteiger partial charge in [0, 0.05) is 29.5 Å². The lowest BCUT2D eigenvalue weighted by Crippen LogP contribution is -1.91. The first-order valence-electron chi connectivity index (χ1n) is 10.0. The van der Waals surface area contributed by atoms with Crippen LogP contribution in [0.4, 0.5) is 0 Å². The van der Waals surface area contributed by atoms with Gasteiger partial charge < -0.3 is 14.3 Å². The summed E-state index contributed by atoms with van der Waals surface area (Å²) in [6.45, 7) is 1.97. The molecule has 6 heterocycles. The minimum atomic E-state index is 0.681. The first-order chi connectivity index (χ1) is 15.7. The summed E-state index contributed by atoms with van der Waals surface area (Å²) in [5.74, 6) is 0.681. The Balaban J connectivity index is 1.49. The van der Waals surface area contributed by atoms with Gasteiger partial charge in [-0.3, -0.25) is 10.1 Å². The Morgan fingerprint density at radius 1 is 1.06 bits per heavy atom. The third kappa shape index (κ3) is 2.90. The topological polar surface area (TPSA) is 110 Å². The standard InChI is InChI=1S/C23H18N8O/c1-13-11-31(12-26-13)20-5-6-25-23-16(20)8-19(28-23)22-21-18(29-30-22)4-3-17(27-21)14-7-15(32-2)10-24-9-14/h3-12H,1-2H3,(H,25,28)(H,29,30). The normalized spacial score (nSPS) is 11.4. The maximum atomic E-state index is 5.30. The van der Waals surface area contributed by atoms with Gasteiger partial charge in [-0.2, -0.15) is 5.10 Å². The molecule has 0 spiro atoms. The predicted molar refractivity (Wildman–Crippen MR) is 121 cm³/mol. The second kappa shape index (κ2) is 7.02. The fraction of sp³-hybridized carbons (Fsp3) is 0.0870. The number of nitrogens with one attached hydrogen (secondary N) is 2. The summed E-state index contributed by atoms with van der Waals surface area (Å²) >= 11 is 0. The molecule has 6 aromatic heterocycles. The first-order valence-corrected chi connectivity index (χ1v) is 10.0. The van der Waals surface area contributed by atoms with E-state index in [-0.39, 0.29) is 0 Å². The van der Waals surface area contributed by atoms with Crippen LogP contribution in [0.1, 0.15) is 5.69 Å². The van der Waals surface area contributed by atoms with Crippen molar-refractivity contribution in [1.29, 1.82) is 0 Å². The fourth-order valence-corrected chi connectivity index (χ4v) is 3.84. The van der Waals surface area contributed by atoms with Gasteiger partial charge in [-0.05, 0) is 37.3 Å². The molecule has 0 aliphatic carbocycles. The smallest absolute Gasteiger partial charge is 0.139 e. The van der Waals surface area contributed by atoms with E-state index < -0.39 is 0 Å². The molecule has 0 amide bonds. The molecule has 0 atom stereocenters. The average molecular weight is 422 g/mol. The third-order valence-corrected chi connectivity index (χ3v) is 5.41. The zero-order valence-corrected chi connectivity index (χ0v) is 17.4. The van der Waals surface area contributed by atoms with Crippen LogP contribution in [-0.2, 0) is 0 Å². The maximum absolute atomic E-state index is 5.30. The zero-order valence-electron chi connectivity index (χ0n) is 17.4. The minimum Gasteiger partial charge on any atom is -0.495 e. The number of aryl methyl sites for hydroxylation is 1. The molecular formula is C23H18N8O. The molecule has 0 bridgehead atoms. The van der Waals surface area contributed by atoms with Crippen LogP contribution in [0.15, 0.2) is 61.4 Å². The first kappa shape index (κ1) is 18.3. The maximum Gasteiger partial charge on any atom is 0.139 e. The molecule has 6 rings (SSSR count). The van der Waals surface area contributed by atoms with Crippen LogP contribution < -0.4 is 4.74 Å². The summed E-state index contributed by atoms with van der Waals surface area (Å²) in [4.78, 5) is 21.3. The summed E-state index contributed by atoms with van der Waals surface area (Å²) < 4.78 is 7.29. The molecule has 0 saturated heterocycles. The van der Waals surface area contributed by atoms with Gasteiger partial charge in [0.1, 0.15) is 22.6 Å². The Hall–Kier alpha value is -4.53. The largest absolute Gasteiger partial charge is 0.495 e. The van der Waals surface area contributed by atoms with E-state index in [2.05, 4.69) is 30.1 Å². The summed E-state index contributed by atoms with van der Waals surface area (Å²) in [7, 11) is 1.62. The van der Waals surface area contributed by atoms with E-state index in [0.717, 1.165) is 56.1 Å². The van der Waals surface area contributed by atoms with Crippen LogP contribution in [0.3, 0.4) is 0 Å². The molecule has 0 radical (unpaired) electrons. The second-order valence-corrected chi connectivity index (χ2v) is 7.48. The molecule has 0 aliphatic rings. The summed E-state index contributed by atoms with van der Waals surface area (Å²) in [6.07, 6.45) is 9.00. The molecule has 0 fully saturated rings. The van der Waals surface area contributed by atoms with Crippen molar-refractivity contribution in [3.63, 3.8) is 0 Å². The SMILES string of the molecule is COc1cncc(-c2ccc3[nH]nc(-c4cc5c(-n6cnc(C)c6)ccnc5[nH]4)c3n2)c1. The number of hydrogen-bond acceptors (Lipinski definition) is 6. The molecule has 0 saturated carbocycles.